The van der Waals surface area contributed by atoms with Crippen LogP contribution < -0.4 is 10.1 Å². The van der Waals surface area contributed by atoms with Crippen molar-refractivity contribution in [3.05, 3.63) is 29.8 Å². The molecule has 1 heterocycles. The number of carboxylic acid groups (broad SMARTS) is 1. The summed E-state index contributed by atoms with van der Waals surface area (Å²) >= 11 is 0. The highest BCUT2D eigenvalue weighted by Crippen LogP contribution is 2.23. The Kier molecular flexibility index (Phi) is 8.67. The molecule has 0 saturated carbocycles. The van der Waals surface area contributed by atoms with Crippen molar-refractivity contribution in [1.82, 2.24) is 10.2 Å². The van der Waals surface area contributed by atoms with E-state index in [9.17, 15) is 19.5 Å². The summed E-state index contributed by atoms with van der Waals surface area (Å²) in [4.78, 5) is 36.4. The first-order valence-electron chi connectivity index (χ1n) is 10.4. The molecule has 3 N–H and O–H groups in total. The van der Waals surface area contributed by atoms with Crippen LogP contribution >= 0.6 is 0 Å². The Morgan fingerprint density at radius 1 is 1.16 bits per heavy atom. The zero-order chi connectivity index (χ0) is 23.0. The second-order valence-corrected chi connectivity index (χ2v) is 8.64. The SMILES string of the molecule is CC(C)(C)OC(=O)N1CCC(CCOc2ccc(C(=O)NCC(O)C(=O)O)cc2)CC1. The van der Waals surface area contributed by atoms with Crippen LogP contribution in [0.3, 0.4) is 0 Å². The number of aliphatic hydroxyl groups excluding tert-OH is 1. The zero-order valence-corrected chi connectivity index (χ0v) is 18.3. The molecule has 2 rings (SSSR count). The minimum absolute atomic E-state index is 0.260. The molecule has 1 aliphatic rings. The lowest BCUT2D eigenvalue weighted by atomic mass is 9.94. The molecule has 0 radical (unpaired) electrons. The number of carboxylic acids is 1. The fraction of sp³-hybridized carbons (Fsp3) is 0.591. The van der Waals surface area contributed by atoms with E-state index in [0.29, 0.717) is 36.9 Å². The Morgan fingerprint density at radius 2 is 1.77 bits per heavy atom. The highest BCUT2D eigenvalue weighted by Gasteiger charge is 2.26. The summed E-state index contributed by atoms with van der Waals surface area (Å²) in [6.45, 7) is 7.11. The van der Waals surface area contributed by atoms with Gasteiger partial charge in [0.15, 0.2) is 6.10 Å². The number of nitrogens with zero attached hydrogens (tertiary/aromatic N) is 1. The van der Waals surface area contributed by atoms with Gasteiger partial charge in [-0.1, -0.05) is 0 Å². The molecule has 1 atom stereocenters. The average molecular weight is 437 g/mol. The number of rotatable bonds is 8. The third-order valence-electron chi connectivity index (χ3n) is 4.92. The van der Waals surface area contributed by atoms with Gasteiger partial charge in [0.2, 0.25) is 0 Å². The topological polar surface area (TPSA) is 125 Å². The van der Waals surface area contributed by atoms with Gasteiger partial charge in [0.05, 0.1) is 13.2 Å². The Balaban J connectivity index is 1.68. The standard InChI is InChI=1S/C22H32N2O7/c1-22(2,3)31-21(29)24-11-8-15(9-12-24)10-13-30-17-6-4-16(5-7-17)19(26)23-14-18(25)20(27)28/h4-7,15,18,25H,8-14H2,1-3H3,(H,23,26)(H,27,28). The van der Waals surface area contributed by atoms with Crippen molar-refractivity contribution in [3.63, 3.8) is 0 Å². The first-order valence-corrected chi connectivity index (χ1v) is 10.4. The summed E-state index contributed by atoms with van der Waals surface area (Å²) in [5.74, 6) is -0.749. The van der Waals surface area contributed by atoms with Crippen molar-refractivity contribution in [1.29, 1.82) is 0 Å². The molecule has 1 aromatic rings. The first kappa shape index (κ1) is 24.5. The second kappa shape index (κ2) is 11.0. The Morgan fingerprint density at radius 3 is 2.32 bits per heavy atom. The highest BCUT2D eigenvalue weighted by atomic mass is 16.6. The van der Waals surface area contributed by atoms with E-state index in [1.807, 2.05) is 20.8 Å². The van der Waals surface area contributed by atoms with Gasteiger partial charge in [-0.2, -0.15) is 0 Å². The average Bonchev–Trinajstić information content (AvgIpc) is 2.71. The first-order chi connectivity index (χ1) is 14.5. The maximum absolute atomic E-state index is 12.1. The number of benzene rings is 1. The molecule has 9 nitrogen and oxygen atoms in total. The van der Waals surface area contributed by atoms with Crippen molar-refractivity contribution >= 4 is 18.0 Å². The molecule has 9 heteroatoms. The number of hydrogen-bond donors (Lipinski definition) is 3. The molecule has 0 aromatic heterocycles. The van der Waals surface area contributed by atoms with Crippen molar-refractivity contribution < 1.29 is 34.1 Å². The van der Waals surface area contributed by atoms with E-state index in [0.717, 1.165) is 19.3 Å². The fourth-order valence-electron chi connectivity index (χ4n) is 3.16. The monoisotopic (exact) mass is 436 g/mol. The lowest BCUT2D eigenvalue weighted by Crippen LogP contribution is -2.41. The van der Waals surface area contributed by atoms with Crippen LogP contribution in [-0.4, -0.2) is 71.0 Å². The van der Waals surface area contributed by atoms with Gasteiger partial charge in [-0.05, 0) is 70.2 Å². The van der Waals surface area contributed by atoms with Gasteiger partial charge in [-0.3, -0.25) is 4.79 Å². The van der Waals surface area contributed by atoms with E-state index in [1.54, 1.807) is 29.2 Å². The van der Waals surface area contributed by atoms with E-state index < -0.39 is 23.6 Å². The third kappa shape index (κ3) is 8.45. The van der Waals surface area contributed by atoms with Crippen LogP contribution in [0.5, 0.6) is 5.75 Å². The predicted octanol–water partition coefficient (Wildman–Crippen LogP) is 2.28. The quantitative estimate of drug-likeness (QED) is 0.571. The van der Waals surface area contributed by atoms with Gasteiger partial charge in [0.1, 0.15) is 11.4 Å². The normalized spacial score (nSPS) is 15.8. The van der Waals surface area contributed by atoms with E-state index >= 15 is 0 Å². The van der Waals surface area contributed by atoms with Crippen molar-refractivity contribution in [2.75, 3.05) is 26.2 Å². The Hall–Kier alpha value is -2.81. The van der Waals surface area contributed by atoms with Crippen LogP contribution in [0.4, 0.5) is 4.79 Å². The molecule has 1 unspecified atom stereocenters. The number of aliphatic carboxylic acids is 1. The molecular weight excluding hydrogens is 404 g/mol. The van der Waals surface area contributed by atoms with Crippen molar-refractivity contribution in [2.24, 2.45) is 5.92 Å². The molecular formula is C22H32N2O7. The molecule has 1 fully saturated rings. The summed E-state index contributed by atoms with van der Waals surface area (Å²) in [5.41, 5.74) is -0.142. The number of aliphatic hydroxyl groups is 1. The summed E-state index contributed by atoms with van der Waals surface area (Å²) < 4.78 is 11.2. The van der Waals surface area contributed by atoms with Crippen LogP contribution in [0.2, 0.25) is 0 Å². The van der Waals surface area contributed by atoms with Gasteiger partial charge in [0, 0.05) is 18.7 Å². The minimum atomic E-state index is -1.64. The largest absolute Gasteiger partial charge is 0.494 e. The van der Waals surface area contributed by atoms with Crippen LogP contribution in [0.15, 0.2) is 24.3 Å². The number of ether oxygens (including phenoxy) is 2. The Bertz CT molecular complexity index is 750. The third-order valence-corrected chi connectivity index (χ3v) is 4.92. The smallest absolute Gasteiger partial charge is 0.410 e. The number of likely N-dealkylation sites (tertiary alicyclic amines) is 1. The van der Waals surface area contributed by atoms with Gasteiger partial charge >= 0.3 is 12.1 Å². The van der Waals surface area contributed by atoms with Gasteiger partial charge in [-0.15, -0.1) is 0 Å². The van der Waals surface area contributed by atoms with E-state index in [1.165, 1.54) is 0 Å². The van der Waals surface area contributed by atoms with E-state index in [-0.39, 0.29) is 12.6 Å². The molecule has 2 amide bonds. The molecule has 0 aliphatic carbocycles. The van der Waals surface area contributed by atoms with Crippen molar-refractivity contribution in [3.8, 4) is 5.75 Å². The number of piperidine rings is 1. The fourth-order valence-corrected chi connectivity index (χ4v) is 3.16. The predicted molar refractivity (Wildman–Crippen MR) is 113 cm³/mol. The van der Waals surface area contributed by atoms with Crippen LogP contribution in [0.1, 0.15) is 50.4 Å². The zero-order valence-electron chi connectivity index (χ0n) is 18.3. The second-order valence-electron chi connectivity index (χ2n) is 8.64. The summed E-state index contributed by atoms with van der Waals surface area (Å²) in [7, 11) is 0. The lowest BCUT2D eigenvalue weighted by molar-refractivity contribution is -0.146. The lowest BCUT2D eigenvalue weighted by Gasteiger charge is -2.33. The number of carbonyl (C=O) groups excluding carboxylic acids is 2. The van der Waals surface area contributed by atoms with Gasteiger partial charge in [0.25, 0.3) is 5.91 Å². The summed E-state index contributed by atoms with van der Waals surface area (Å²) in [5, 5.41) is 20.2. The molecule has 1 aromatic carbocycles. The summed E-state index contributed by atoms with van der Waals surface area (Å²) in [6, 6.07) is 6.51. The maximum atomic E-state index is 12.1. The number of nitrogens with one attached hydrogen (secondary N) is 1. The van der Waals surface area contributed by atoms with Gasteiger partial charge in [-0.25, -0.2) is 9.59 Å². The van der Waals surface area contributed by atoms with Crippen LogP contribution in [0, 0.1) is 5.92 Å². The molecule has 1 saturated heterocycles. The molecule has 1 aliphatic heterocycles. The van der Waals surface area contributed by atoms with Gasteiger partial charge < -0.3 is 29.9 Å². The Labute approximate surface area is 182 Å². The molecule has 0 spiro atoms. The number of amides is 2. The molecule has 172 valence electrons. The maximum Gasteiger partial charge on any atom is 0.410 e. The van der Waals surface area contributed by atoms with Crippen molar-refractivity contribution in [2.45, 2.75) is 51.7 Å². The van der Waals surface area contributed by atoms with Crippen LogP contribution in [-0.2, 0) is 9.53 Å². The molecule has 31 heavy (non-hydrogen) atoms. The van der Waals surface area contributed by atoms with Crippen LogP contribution in [0.25, 0.3) is 0 Å². The summed E-state index contributed by atoms with van der Waals surface area (Å²) in [6.07, 6.45) is 0.789. The number of hydrogen-bond acceptors (Lipinski definition) is 6. The highest BCUT2D eigenvalue weighted by molar-refractivity contribution is 5.94. The van der Waals surface area contributed by atoms with E-state index in [2.05, 4.69) is 5.32 Å². The molecule has 0 bridgehead atoms. The minimum Gasteiger partial charge on any atom is -0.494 e. The van der Waals surface area contributed by atoms with E-state index in [4.69, 9.17) is 14.6 Å². The number of carbonyl (C=O) groups is 3.